The van der Waals surface area contributed by atoms with Gasteiger partial charge < -0.3 is 9.30 Å². The zero-order chi connectivity index (χ0) is 20.6. The quantitative estimate of drug-likeness (QED) is 0.630. The van der Waals surface area contributed by atoms with Crippen LogP contribution in [0.4, 0.5) is 0 Å². The molecule has 1 fully saturated rings. The summed E-state index contributed by atoms with van der Waals surface area (Å²) in [4.78, 5) is 13.5. The Kier molecular flexibility index (Phi) is 5.21. The number of nitrogens with zero attached hydrogens (tertiary/aromatic N) is 1. The Hall–Kier alpha value is -2.60. The predicted octanol–water partition coefficient (Wildman–Crippen LogP) is 4.59. The zero-order valence-electron chi connectivity index (χ0n) is 16.7. The smallest absolute Gasteiger partial charge is 0.258 e. The third-order valence-corrected chi connectivity index (χ3v) is 6.94. The maximum atomic E-state index is 13.2. The van der Waals surface area contributed by atoms with Crippen molar-refractivity contribution in [1.29, 1.82) is 0 Å². The van der Waals surface area contributed by atoms with E-state index >= 15 is 0 Å². The highest BCUT2D eigenvalue weighted by Crippen LogP contribution is 2.33. The van der Waals surface area contributed by atoms with Crippen LogP contribution >= 0.6 is 0 Å². The standard InChI is InChI=1S/C23H25NO4S/c1-28-18-10-13-20-21(14-18)22(16-8-11-19(12-9-16)29(2,26)27)15-24(23(20)25)17-6-4-3-5-7-17/h8-15,17H,3-7H2,1-2H3. The van der Waals surface area contributed by atoms with Gasteiger partial charge in [0.1, 0.15) is 5.75 Å². The summed E-state index contributed by atoms with van der Waals surface area (Å²) in [5, 5.41) is 1.47. The van der Waals surface area contributed by atoms with Gasteiger partial charge in [-0.25, -0.2) is 8.42 Å². The van der Waals surface area contributed by atoms with Crippen molar-refractivity contribution in [3.05, 3.63) is 59.0 Å². The second kappa shape index (κ2) is 7.67. The van der Waals surface area contributed by atoms with E-state index in [1.807, 2.05) is 29.0 Å². The molecule has 3 aromatic rings. The molecular formula is C23H25NO4S. The lowest BCUT2D eigenvalue weighted by Gasteiger charge is -2.25. The number of hydrogen-bond donors (Lipinski definition) is 0. The van der Waals surface area contributed by atoms with E-state index in [0.717, 1.165) is 42.2 Å². The first-order valence-corrected chi connectivity index (χ1v) is 11.8. The third-order valence-electron chi connectivity index (χ3n) is 5.81. The second-order valence-electron chi connectivity index (χ2n) is 7.76. The molecule has 0 atom stereocenters. The fraction of sp³-hybridized carbons (Fsp3) is 0.348. The lowest BCUT2D eigenvalue weighted by molar-refractivity contribution is 0.347. The maximum absolute atomic E-state index is 13.2. The van der Waals surface area contributed by atoms with Gasteiger partial charge in [0.15, 0.2) is 9.84 Å². The van der Waals surface area contributed by atoms with Crippen LogP contribution < -0.4 is 10.3 Å². The molecule has 0 N–H and O–H groups in total. The molecule has 4 rings (SSSR count). The van der Waals surface area contributed by atoms with Crippen molar-refractivity contribution in [3.8, 4) is 16.9 Å². The van der Waals surface area contributed by atoms with E-state index in [9.17, 15) is 13.2 Å². The predicted molar refractivity (Wildman–Crippen MR) is 115 cm³/mol. The van der Waals surface area contributed by atoms with E-state index in [2.05, 4.69) is 0 Å². The van der Waals surface area contributed by atoms with Crippen molar-refractivity contribution in [2.24, 2.45) is 0 Å². The summed E-state index contributed by atoms with van der Waals surface area (Å²) < 4.78 is 30.9. The minimum atomic E-state index is -3.26. The number of pyridine rings is 1. The summed E-state index contributed by atoms with van der Waals surface area (Å²) in [5.41, 5.74) is 1.80. The minimum absolute atomic E-state index is 0.0195. The topological polar surface area (TPSA) is 65.4 Å². The summed E-state index contributed by atoms with van der Waals surface area (Å²) in [7, 11) is -1.66. The van der Waals surface area contributed by atoms with E-state index in [1.165, 1.54) is 12.7 Å². The summed E-state index contributed by atoms with van der Waals surface area (Å²) in [6.45, 7) is 0. The van der Waals surface area contributed by atoms with Crippen LogP contribution in [0.25, 0.3) is 21.9 Å². The molecule has 0 aliphatic heterocycles. The molecule has 0 saturated heterocycles. The average molecular weight is 412 g/mol. The molecule has 0 bridgehead atoms. The molecule has 29 heavy (non-hydrogen) atoms. The van der Waals surface area contributed by atoms with Crippen molar-refractivity contribution in [2.45, 2.75) is 43.0 Å². The molecule has 5 nitrogen and oxygen atoms in total. The largest absolute Gasteiger partial charge is 0.497 e. The van der Waals surface area contributed by atoms with Crippen LogP contribution in [-0.2, 0) is 9.84 Å². The molecule has 152 valence electrons. The molecule has 1 aromatic heterocycles. The molecule has 1 saturated carbocycles. The Balaban J connectivity index is 1.95. The van der Waals surface area contributed by atoms with Gasteiger partial charge in [0.2, 0.25) is 0 Å². The molecule has 1 aliphatic carbocycles. The van der Waals surface area contributed by atoms with Crippen LogP contribution in [0.2, 0.25) is 0 Å². The van der Waals surface area contributed by atoms with Crippen molar-refractivity contribution >= 4 is 20.6 Å². The van der Waals surface area contributed by atoms with Crippen molar-refractivity contribution in [3.63, 3.8) is 0 Å². The number of aromatic nitrogens is 1. The highest BCUT2D eigenvalue weighted by Gasteiger charge is 2.20. The van der Waals surface area contributed by atoms with Crippen molar-refractivity contribution in [1.82, 2.24) is 4.57 Å². The van der Waals surface area contributed by atoms with E-state index in [0.29, 0.717) is 11.1 Å². The number of methoxy groups -OCH3 is 1. The van der Waals surface area contributed by atoms with Gasteiger partial charge in [-0.2, -0.15) is 0 Å². The van der Waals surface area contributed by atoms with Crippen LogP contribution in [0, 0.1) is 0 Å². The van der Waals surface area contributed by atoms with Crippen LogP contribution in [0.15, 0.2) is 58.4 Å². The molecular weight excluding hydrogens is 386 g/mol. The van der Waals surface area contributed by atoms with Crippen LogP contribution in [0.1, 0.15) is 38.1 Å². The number of sulfone groups is 1. The van der Waals surface area contributed by atoms with Crippen molar-refractivity contribution < 1.29 is 13.2 Å². The SMILES string of the molecule is COc1ccc2c(=O)n(C3CCCCC3)cc(-c3ccc(S(C)(=O)=O)cc3)c2c1. The van der Waals surface area contributed by atoms with Gasteiger partial charge in [-0.1, -0.05) is 31.4 Å². The molecule has 6 heteroatoms. The number of rotatable bonds is 4. The lowest BCUT2D eigenvalue weighted by atomic mass is 9.94. The first kappa shape index (κ1) is 19.7. The molecule has 0 spiro atoms. The third kappa shape index (κ3) is 3.81. The number of benzene rings is 2. The van der Waals surface area contributed by atoms with Gasteiger partial charge in [-0.3, -0.25) is 4.79 Å². The van der Waals surface area contributed by atoms with Gasteiger partial charge in [0.25, 0.3) is 5.56 Å². The van der Waals surface area contributed by atoms with E-state index in [-0.39, 0.29) is 16.5 Å². The summed E-state index contributed by atoms with van der Waals surface area (Å²) >= 11 is 0. The van der Waals surface area contributed by atoms with Gasteiger partial charge in [-0.15, -0.1) is 0 Å². The second-order valence-corrected chi connectivity index (χ2v) is 9.77. The van der Waals surface area contributed by atoms with E-state index in [4.69, 9.17) is 4.74 Å². The van der Waals surface area contributed by atoms with Gasteiger partial charge in [-0.05, 0) is 48.7 Å². The molecule has 0 radical (unpaired) electrons. The fourth-order valence-electron chi connectivity index (χ4n) is 4.21. The van der Waals surface area contributed by atoms with Crippen LogP contribution in [0.3, 0.4) is 0 Å². The van der Waals surface area contributed by atoms with Crippen molar-refractivity contribution in [2.75, 3.05) is 13.4 Å². The van der Waals surface area contributed by atoms with Gasteiger partial charge in [0.05, 0.1) is 12.0 Å². The minimum Gasteiger partial charge on any atom is -0.497 e. The molecule has 0 amide bonds. The van der Waals surface area contributed by atoms with Gasteiger partial charge in [0, 0.05) is 34.8 Å². The molecule has 0 unspecified atom stereocenters. The summed E-state index contributed by atoms with van der Waals surface area (Å²) in [6, 6.07) is 12.6. The molecule has 1 heterocycles. The first-order valence-electron chi connectivity index (χ1n) is 9.92. The lowest BCUT2D eigenvalue weighted by Crippen LogP contribution is -2.26. The highest BCUT2D eigenvalue weighted by molar-refractivity contribution is 7.90. The zero-order valence-corrected chi connectivity index (χ0v) is 17.5. The average Bonchev–Trinajstić information content (AvgIpc) is 2.74. The van der Waals surface area contributed by atoms with E-state index < -0.39 is 9.84 Å². The Labute approximate surface area is 170 Å². The first-order chi connectivity index (χ1) is 13.9. The highest BCUT2D eigenvalue weighted by atomic mass is 32.2. The fourth-order valence-corrected chi connectivity index (χ4v) is 4.84. The Bertz CT molecular complexity index is 1200. The normalized spacial score (nSPS) is 15.5. The Morgan fingerprint density at radius 2 is 1.66 bits per heavy atom. The number of ether oxygens (including phenoxy) is 1. The van der Waals surface area contributed by atoms with Gasteiger partial charge >= 0.3 is 0 Å². The van der Waals surface area contributed by atoms with E-state index in [1.54, 1.807) is 31.4 Å². The molecule has 1 aliphatic rings. The van der Waals surface area contributed by atoms with Crippen LogP contribution in [-0.4, -0.2) is 26.4 Å². The summed E-state index contributed by atoms with van der Waals surface area (Å²) in [5.74, 6) is 0.682. The number of hydrogen-bond acceptors (Lipinski definition) is 4. The Morgan fingerprint density at radius 3 is 2.28 bits per heavy atom. The summed E-state index contributed by atoms with van der Waals surface area (Å²) in [6.07, 6.45) is 8.64. The molecule has 2 aromatic carbocycles. The monoisotopic (exact) mass is 411 g/mol. The Morgan fingerprint density at radius 1 is 0.966 bits per heavy atom. The van der Waals surface area contributed by atoms with Crippen LogP contribution in [0.5, 0.6) is 5.75 Å². The maximum Gasteiger partial charge on any atom is 0.258 e. The number of fused-ring (bicyclic) bond motifs is 1.